The number of carbonyl (C=O) groups excluding carboxylic acids is 1. The first kappa shape index (κ1) is 23.8. The number of likely N-dealkylation sites (tertiary alicyclic amines) is 1. The number of fused-ring (bicyclic) bond motifs is 1. The molecule has 36 heavy (non-hydrogen) atoms. The number of nitrogens with zero attached hydrogens (tertiary/aromatic N) is 3. The van der Waals surface area contributed by atoms with Gasteiger partial charge in [0.25, 0.3) is 5.91 Å². The summed E-state index contributed by atoms with van der Waals surface area (Å²) in [4.78, 5) is 27.5. The minimum absolute atomic E-state index is 0.0939. The number of carbonyl (C=O) groups is 1. The van der Waals surface area contributed by atoms with Crippen LogP contribution in [0.4, 0.5) is 0 Å². The molecule has 2 aromatic carbocycles. The Bertz CT molecular complexity index is 1380. The third-order valence-corrected chi connectivity index (χ3v) is 6.87. The molecular formula is C28H31N5O3. The number of hydrogen-bond acceptors (Lipinski definition) is 6. The zero-order valence-electron chi connectivity index (χ0n) is 20.6. The molecule has 0 bridgehead atoms. The van der Waals surface area contributed by atoms with E-state index in [1.54, 1.807) is 31.5 Å². The molecule has 0 saturated carbocycles. The fourth-order valence-corrected chi connectivity index (χ4v) is 4.89. The highest BCUT2D eigenvalue weighted by atomic mass is 16.5. The number of phenols is 1. The van der Waals surface area contributed by atoms with Gasteiger partial charge in [0.05, 0.1) is 23.7 Å². The number of aromatic amines is 1. The summed E-state index contributed by atoms with van der Waals surface area (Å²) < 4.78 is 5.39. The van der Waals surface area contributed by atoms with Crippen LogP contribution in [-0.2, 0) is 0 Å². The van der Waals surface area contributed by atoms with E-state index in [0.29, 0.717) is 40.8 Å². The number of H-pyrrole nitrogens is 1. The van der Waals surface area contributed by atoms with Crippen LogP contribution in [0.3, 0.4) is 0 Å². The molecule has 1 unspecified atom stereocenters. The Morgan fingerprint density at radius 3 is 2.94 bits per heavy atom. The molecule has 4 aromatic rings. The number of piperidine rings is 1. The van der Waals surface area contributed by atoms with Crippen molar-refractivity contribution in [2.24, 2.45) is 5.92 Å². The molecule has 0 radical (unpaired) electrons. The quantitative estimate of drug-likeness (QED) is 0.357. The summed E-state index contributed by atoms with van der Waals surface area (Å²) in [5, 5.41) is 13.7. The van der Waals surface area contributed by atoms with Crippen molar-refractivity contribution in [1.82, 2.24) is 25.2 Å². The fourth-order valence-electron chi connectivity index (χ4n) is 4.89. The van der Waals surface area contributed by atoms with Crippen molar-refractivity contribution in [3.63, 3.8) is 0 Å². The first-order valence-corrected chi connectivity index (χ1v) is 12.4. The third-order valence-electron chi connectivity index (χ3n) is 6.87. The van der Waals surface area contributed by atoms with E-state index >= 15 is 0 Å². The highest BCUT2D eigenvalue weighted by Crippen LogP contribution is 2.35. The number of methoxy groups -OCH3 is 1. The summed E-state index contributed by atoms with van der Waals surface area (Å²) >= 11 is 0. The van der Waals surface area contributed by atoms with E-state index in [4.69, 9.17) is 4.74 Å². The molecule has 8 heteroatoms. The molecule has 8 nitrogen and oxygen atoms in total. The molecule has 2 aromatic heterocycles. The molecular weight excluding hydrogens is 454 g/mol. The topological polar surface area (TPSA) is 103 Å². The maximum Gasteiger partial charge on any atom is 0.251 e. The number of aromatic hydroxyl groups is 1. The van der Waals surface area contributed by atoms with E-state index in [1.165, 1.54) is 6.42 Å². The van der Waals surface area contributed by atoms with Gasteiger partial charge < -0.3 is 25.0 Å². The van der Waals surface area contributed by atoms with Crippen molar-refractivity contribution in [2.45, 2.75) is 19.8 Å². The summed E-state index contributed by atoms with van der Waals surface area (Å²) in [5.74, 6) is 1.52. The maximum absolute atomic E-state index is 12.9. The van der Waals surface area contributed by atoms with Gasteiger partial charge in [-0.1, -0.05) is 13.0 Å². The number of aromatic nitrogens is 3. The van der Waals surface area contributed by atoms with Crippen LogP contribution in [-0.4, -0.2) is 64.2 Å². The lowest BCUT2D eigenvalue weighted by Crippen LogP contribution is -2.40. The molecule has 3 heterocycles. The highest BCUT2D eigenvalue weighted by Gasteiger charge is 2.20. The van der Waals surface area contributed by atoms with Gasteiger partial charge in [-0.25, -0.2) is 9.97 Å². The second-order valence-corrected chi connectivity index (χ2v) is 9.22. The van der Waals surface area contributed by atoms with E-state index in [-0.39, 0.29) is 11.7 Å². The predicted octanol–water partition coefficient (Wildman–Crippen LogP) is 4.47. The van der Waals surface area contributed by atoms with Gasteiger partial charge in [-0.15, -0.1) is 0 Å². The van der Waals surface area contributed by atoms with Gasteiger partial charge in [0, 0.05) is 30.4 Å². The lowest BCUT2D eigenvalue weighted by molar-refractivity contribution is 0.0934. The van der Waals surface area contributed by atoms with Gasteiger partial charge in [-0.2, -0.15) is 0 Å². The zero-order chi connectivity index (χ0) is 25.1. The summed E-state index contributed by atoms with van der Waals surface area (Å²) in [5.41, 5.74) is 4.24. The Labute approximate surface area is 210 Å². The van der Waals surface area contributed by atoms with Crippen molar-refractivity contribution in [1.29, 1.82) is 0 Å². The summed E-state index contributed by atoms with van der Waals surface area (Å²) in [7, 11) is 1.58. The third kappa shape index (κ3) is 4.90. The van der Waals surface area contributed by atoms with Crippen LogP contribution in [0.15, 0.2) is 54.7 Å². The summed E-state index contributed by atoms with van der Waals surface area (Å²) in [6.07, 6.45) is 4.00. The average molecular weight is 486 g/mol. The van der Waals surface area contributed by atoms with E-state index in [0.717, 1.165) is 42.7 Å². The number of nitrogens with one attached hydrogen (secondary N) is 2. The monoisotopic (exact) mass is 485 g/mol. The number of hydrogen-bond donors (Lipinski definition) is 3. The Morgan fingerprint density at radius 1 is 1.22 bits per heavy atom. The van der Waals surface area contributed by atoms with Crippen molar-refractivity contribution < 1.29 is 14.6 Å². The number of phenolic OH excluding ortho intramolecular Hbond substituents is 1. The van der Waals surface area contributed by atoms with Gasteiger partial charge in [0.2, 0.25) is 5.88 Å². The van der Waals surface area contributed by atoms with Crippen molar-refractivity contribution in [3.05, 3.63) is 60.3 Å². The highest BCUT2D eigenvalue weighted by molar-refractivity contribution is 5.97. The summed E-state index contributed by atoms with van der Waals surface area (Å²) in [6, 6.07) is 14.5. The van der Waals surface area contributed by atoms with Gasteiger partial charge in [-0.05, 0) is 79.9 Å². The number of imidazole rings is 1. The lowest BCUT2D eigenvalue weighted by atomic mass is 9.98. The molecule has 1 atom stereocenters. The normalized spacial score (nSPS) is 16.2. The van der Waals surface area contributed by atoms with Crippen LogP contribution in [0.1, 0.15) is 30.1 Å². The fraction of sp³-hybridized carbons (Fsp3) is 0.321. The van der Waals surface area contributed by atoms with Gasteiger partial charge in [0.1, 0.15) is 11.6 Å². The second kappa shape index (κ2) is 10.4. The average Bonchev–Trinajstić information content (AvgIpc) is 3.35. The van der Waals surface area contributed by atoms with Crippen molar-refractivity contribution >= 4 is 16.9 Å². The number of amides is 1. The smallest absolute Gasteiger partial charge is 0.251 e. The van der Waals surface area contributed by atoms with Crippen molar-refractivity contribution in [3.8, 4) is 34.1 Å². The second-order valence-electron chi connectivity index (χ2n) is 9.22. The standard InChI is InChI=1S/C28H31N5O3/c1-3-33-13-5-6-18(17-33)16-30-27(35)20-8-10-23-24(15-20)32-26(31-23)22-14-19(9-11-25(22)34)21-7-4-12-29-28(21)36-2/h4,7-12,14-15,18,34H,3,5-6,13,16-17H2,1-2H3,(H,30,35)(H,31,32). The molecule has 3 N–H and O–H groups in total. The zero-order valence-corrected chi connectivity index (χ0v) is 20.6. The van der Waals surface area contributed by atoms with Crippen LogP contribution in [0.2, 0.25) is 0 Å². The molecule has 5 rings (SSSR count). The minimum Gasteiger partial charge on any atom is -0.507 e. The van der Waals surface area contributed by atoms with E-state index in [9.17, 15) is 9.90 Å². The molecule has 1 fully saturated rings. The Balaban J connectivity index is 1.37. The first-order chi connectivity index (χ1) is 17.6. The van der Waals surface area contributed by atoms with Gasteiger partial charge >= 0.3 is 0 Å². The van der Waals surface area contributed by atoms with E-state index < -0.39 is 0 Å². The molecule has 1 aliphatic rings. The van der Waals surface area contributed by atoms with Crippen LogP contribution in [0.25, 0.3) is 33.5 Å². The SMILES string of the molecule is CCN1CCCC(CNC(=O)c2ccc3[nH]c(-c4cc(-c5cccnc5OC)ccc4O)nc3c2)C1. The molecule has 1 amide bonds. The van der Waals surface area contributed by atoms with Crippen LogP contribution in [0.5, 0.6) is 11.6 Å². The number of rotatable bonds is 7. The molecule has 186 valence electrons. The van der Waals surface area contributed by atoms with Crippen LogP contribution >= 0.6 is 0 Å². The maximum atomic E-state index is 12.9. The Kier molecular flexibility index (Phi) is 6.86. The van der Waals surface area contributed by atoms with E-state index in [2.05, 4.69) is 32.1 Å². The largest absolute Gasteiger partial charge is 0.507 e. The molecule has 1 aliphatic heterocycles. The molecule has 0 spiro atoms. The van der Waals surface area contributed by atoms with Crippen molar-refractivity contribution in [2.75, 3.05) is 33.3 Å². The number of pyridine rings is 1. The Hall–Kier alpha value is -3.91. The molecule has 0 aliphatic carbocycles. The van der Waals surface area contributed by atoms with E-state index in [1.807, 2.05) is 30.3 Å². The molecule has 1 saturated heterocycles. The summed E-state index contributed by atoms with van der Waals surface area (Å²) in [6.45, 7) is 6.09. The van der Waals surface area contributed by atoms with Crippen LogP contribution < -0.4 is 10.1 Å². The lowest BCUT2D eigenvalue weighted by Gasteiger charge is -2.31. The Morgan fingerprint density at radius 2 is 2.11 bits per heavy atom. The number of benzene rings is 2. The van der Waals surface area contributed by atoms with Gasteiger partial charge in [-0.3, -0.25) is 4.79 Å². The predicted molar refractivity (Wildman–Crippen MR) is 140 cm³/mol. The van der Waals surface area contributed by atoms with Gasteiger partial charge in [0.15, 0.2) is 0 Å². The minimum atomic E-state index is -0.0939. The number of ether oxygens (including phenoxy) is 1. The van der Waals surface area contributed by atoms with Crippen LogP contribution in [0, 0.1) is 5.92 Å². The first-order valence-electron chi connectivity index (χ1n) is 12.4.